The third-order valence-electron chi connectivity index (χ3n) is 4.91. The number of hydrogen-bond donors (Lipinski definition) is 1. The number of fused-ring (bicyclic) bond motifs is 1. The van der Waals surface area contributed by atoms with Crippen LogP contribution in [0.3, 0.4) is 0 Å². The summed E-state index contributed by atoms with van der Waals surface area (Å²) in [6.45, 7) is 2.07. The number of rotatable bonds is 6. The van der Waals surface area contributed by atoms with Crippen LogP contribution >= 0.6 is 0 Å². The number of pyridine rings is 1. The fourth-order valence-electron chi connectivity index (χ4n) is 3.42. The van der Waals surface area contributed by atoms with E-state index in [1.165, 1.54) is 6.20 Å². The molecule has 5 nitrogen and oxygen atoms in total. The number of Topliss-reactive ketones (excluding diaryl/α,β-unsaturated/α-hetero) is 1. The van der Waals surface area contributed by atoms with Crippen molar-refractivity contribution < 1.29 is 14.3 Å². The van der Waals surface area contributed by atoms with Crippen LogP contribution in [0.1, 0.15) is 44.9 Å². The van der Waals surface area contributed by atoms with Crippen LogP contribution in [0.15, 0.2) is 79.3 Å². The zero-order chi connectivity index (χ0) is 20.2. The van der Waals surface area contributed by atoms with Crippen LogP contribution in [0.5, 0.6) is 0 Å². The number of hydrogen-bond acceptors (Lipinski definition) is 4. The number of aromatic amines is 1. The van der Waals surface area contributed by atoms with E-state index in [-0.39, 0.29) is 5.78 Å². The Morgan fingerprint density at radius 2 is 1.86 bits per heavy atom. The molecule has 0 aliphatic heterocycles. The Kier molecular flexibility index (Phi) is 5.20. The predicted octanol–water partition coefficient (Wildman–Crippen LogP) is 4.91. The molecule has 4 rings (SSSR count). The van der Waals surface area contributed by atoms with Crippen molar-refractivity contribution in [1.29, 1.82) is 0 Å². The molecule has 1 atom stereocenters. The molecule has 0 aliphatic rings. The summed E-state index contributed by atoms with van der Waals surface area (Å²) in [6, 6.07) is 18.2. The Morgan fingerprint density at radius 3 is 2.59 bits per heavy atom. The maximum atomic E-state index is 13.5. The molecule has 0 amide bonds. The Hall–Kier alpha value is -3.73. The van der Waals surface area contributed by atoms with Gasteiger partial charge in [-0.2, -0.15) is 0 Å². The van der Waals surface area contributed by atoms with Crippen LogP contribution in [0.2, 0.25) is 0 Å². The van der Waals surface area contributed by atoms with E-state index in [9.17, 15) is 9.59 Å². The SMILES string of the molecule is CCc1cccc2c(C(=O)[C@@H](OC(=O)c3cccnc3)c3ccccc3)c[nH]c12. The average molecular weight is 384 g/mol. The van der Waals surface area contributed by atoms with E-state index >= 15 is 0 Å². The highest BCUT2D eigenvalue weighted by Gasteiger charge is 2.28. The van der Waals surface area contributed by atoms with Gasteiger partial charge < -0.3 is 9.72 Å². The van der Waals surface area contributed by atoms with Crippen molar-refractivity contribution in [2.45, 2.75) is 19.4 Å². The first-order chi connectivity index (χ1) is 14.2. The minimum atomic E-state index is -1.05. The molecule has 29 heavy (non-hydrogen) atoms. The topological polar surface area (TPSA) is 72.1 Å². The first-order valence-corrected chi connectivity index (χ1v) is 9.48. The van der Waals surface area contributed by atoms with Crippen molar-refractivity contribution in [3.05, 3.63) is 102 Å². The highest BCUT2D eigenvalue weighted by molar-refractivity contribution is 6.11. The molecule has 0 unspecified atom stereocenters. The standard InChI is InChI=1S/C24H20N2O3/c1-2-16-10-6-12-19-20(15-26-21(16)19)22(27)23(17-8-4-3-5-9-17)29-24(28)18-11-7-13-25-14-18/h3-15,23,26H,2H2,1H3/t23-/m0/s1. The Bertz CT molecular complexity index is 1150. The van der Waals surface area contributed by atoms with Crippen LogP contribution in [0, 0.1) is 0 Å². The average Bonchev–Trinajstić information content (AvgIpc) is 3.22. The zero-order valence-corrected chi connectivity index (χ0v) is 16.0. The summed E-state index contributed by atoms with van der Waals surface area (Å²) in [6.07, 6.45) is 4.50. The second-order valence-electron chi connectivity index (χ2n) is 6.70. The lowest BCUT2D eigenvalue weighted by Crippen LogP contribution is -2.20. The molecule has 0 spiro atoms. The summed E-state index contributed by atoms with van der Waals surface area (Å²) in [7, 11) is 0. The number of ketones is 1. The molecule has 0 radical (unpaired) electrons. The normalized spacial score (nSPS) is 11.9. The van der Waals surface area contributed by atoms with Gasteiger partial charge in [-0.05, 0) is 24.1 Å². The largest absolute Gasteiger partial charge is 0.445 e. The number of nitrogens with zero attached hydrogens (tertiary/aromatic N) is 1. The van der Waals surface area contributed by atoms with E-state index in [1.54, 1.807) is 36.7 Å². The van der Waals surface area contributed by atoms with E-state index in [1.807, 2.05) is 36.4 Å². The lowest BCUT2D eigenvalue weighted by atomic mass is 9.98. The lowest BCUT2D eigenvalue weighted by molar-refractivity contribution is 0.0280. The third kappa shape index (κ3) is 3.67. The first-order valence-electron chi connectivity index (χ1n) is 9.48. The highest BCUT2D eigenvalue weighted by atomic mass is 16.5. The van der Waals surface area contributed by atoms with Crippen LogP contribution in [0.25, 0.3) is 10.9 Å². The highest BCUT2D eigenvalue weighted by Crippen LogP contribution is 2.29. The fraction of sp³-hybridized carbons (Fsp3) is 0.125. The van der Waals surface area contributed by atoms with Crippen LogP contribution in [-0.4, -0.2) is 21.7 Å². The van der Waals surface area contributed by atoms with Gasteiger partial charge in [-0.15, -0.1) is 0 Å². The van der Waals surface area contributed by atoms with Crippen molar-refractivity contribution in [2.24, 2.45) is 0 Å². The number of benzene rings is 2. The van der Waals surface area contributed by atoms with Gasteiger partial charge in [0.2, 0.25) is 5.78 Å². The summed E-state index contributed by atoms with van der Waals surface area (Å²) < 4.78 is 5.67. The molecule has 0 fully saturated rings. The monoisotopic (exact) mass is 384 g/mol. The number of aryl methyl sites for hydroxylation is 1. The molecule has 0 bridgehead atoms. The molecule has 4 aromatic rings. The number of H-pyrrole nitrogens is 1. The van der Waals surface area contributed by atoms with E-state index in [0.29, 0.717) is 16.7 Å². The maximum Gasteiger partial charge on any atom is 0.340 e. The Labute approximate surface area is 168 Å². The molecule has 2 aromatic heterocycles. The van der Waals surface area contributed by atoms with Gasteiger partial charge in [-0.3, -0.25) is 9.78 Å². The minimum Gasteiger partial charge on any atom is -0.445 e. The van der Waals surface area contributed by atoms with Gasteiger partial charge in [0.25, 0.3) is 0 Å². The van der Waals surface area contributed by atoms with Gasteiger partial charge in [0.05, 0.1) is 5.56 Å². The predicted molar refractivity (Wildman–Crippen MR) is 111 cm³/mol. The van der Waals surface area contributed by atoms with Gasteiger partial charge in [-0.25, -0.2) is 4.79 Å². The van der Waals surface area contributed by atoms with Crippen molar-refractivity contribution >= 4 is 22.7 Å². The first kappa shape index (κ1) is 18.6. The van der Waals surface area contributed by atoms with Gasteiger partial charge >= 0.3 is 5.97 Å². The number of nitrogens with one attached hydrogen (secondary N) is 1. The number of carbonyl (C=O) groups is 2. The second kappa shape index (κ2) is 8.10. The van der Waals surface area contributed by atoms with Crippen LogP contribution in [-0.2, 0) is 11.2 Å². The van der Waals surface area contributed by atoms with Crippen molar-refractivity contribution in [2.75, 3.05) is 0 Å². The van der Waals surface area contributed by atoms with Gasteiger partial charge in [0, 0.05) is 40.6 Å². The Balaban J connectivity index is 1.74. The molecule has 2 aromatic carbocycles. The van der Waals surface area contributed by atoms with Gasteiger partial charge in [-0.1, -0.05) is 55.5 Å². The van der Waals surface area contributed by atoms with E-state index in [0.717, 1.165) is 22.9 Å². The summed E-state index contributed by atoms with van der Waals surface area (Å²) >= 11 is 0. The van der Waals surface area contributed by atoms with Gasteiger partial charge in [0.1, 0.15) is 0 Å². The smallest absolute Gasteiger partial charge is 0.340 e. The van der Waals surface area contributed by atoms with Crippen LogP contribution < -0.4 is 0 Å². The molecule has 2 heterocycles. The maximum absolute atomic E-state index is 13.5. The second-order valence-corrected chi connectivity index (χ2v) is 6.70. The van der Waals surface area contributed by atoms with Crippen molar-refractivity contribution in [3.63, 3.8) is 0 Å². The zero-order valence-electron chi connectivity index (χ0n) is 16.0. The summed E-state index contributed by atoms with van der Waals surface area (Å²) in [5.74, 6) is -0.859. The molecule has 144 valence electrons. The van der Waals surface area contributed by atoms with Crippen molar-refractivity contribution in [1.82, 2.24) is 9.97 Å². The number of aromatic nitrogens is 2. The fourth-order valence-corrected chi connectivity index (χ4v) is 3.42. The van der Waals surface area contributed by atoms with Gasteiger partial charge in [0.15, 0.2) is 6.10 Å². The molecule has 0 saturated carbocycles. The molecule has 5 heteroatoms. The molecule has 1 N–H and O–H groups in total. The van der Waals surface area contributed by atoms with Crippen molar-refractivity contribution in [3.8, 4) is 0 Å². The van der Waals surface area contributed by atoms with Crippen LogP contribution in [0.4, 0.5) is 0 Å². The molecular formula is C24H20N2O3. The number of para-hydroxylation sites is 1. The van der Waals surface area contributed by atoms with E-state index < -0.39 is 12.1 Å². The molecular weight excluding hydrogens is 364 g/mol. The number of carbonyl (C=O) groups excluding carboxylic acids is 2. The minimum absolute atomic E-state index is 0.270. The van der Waals surface area contributed by atoms with E-state index in [2.05, 4.69) is 16.9 Å². The lowest BCUT2D eigenvalue weighted by Gasteiger charge is -2.17. The van der Waals surface area contributed by atoms with E-state index in [4.69, 9.17) is 4.74 Å². The summed E-state index contributed by atoms with van der Waals surface area (Å²) in [5.41, 5.74) is 3.49. The third-order valence-corrected chi connectivity index (χ3v) is 4.91. The molecule has 0 aliphatic carbocycles. The quantitative estimate of drug-likeness (QED) is 0.379. The Morgan fingerprint density at radius 1 is 1.03 bits per heavy atom. The number of ether oxygens (including phenoxy) is 1. The summed E-state index contributed by atoms with van der Waals surface area (Å²) in [5, 5.41) is 0.827. The number of esters is 1. The molecule has 0 saturated heterocycles. The summed E-state index contributed by atoms with van der Waals surface area (Å²) in [4.78, 5) is 33.3.